The van der Waals surface area contributed by atoms with Crippen molar-refractivity contribution in [1.29, 1.82) is 0 Å². The van der Waals surface area contributed by atoms with Crippen molar-refractivity contribution in [3.05, 3.63) is 42.2 Å². The second-order valence-corrected chi connectivity index (χ2v) is 6.44. The van der Waals surface area contributed by atoms with Gasteiger partial charge in [-0.3, -0.25) is 4.79 Å². The minimum Gasteiger partial charge on any atom is -0.495 e. The van der Waals surface area contributed by atoms with E-state index in [9.17, 15) is 4.79 Å². The van der Waals surface area contributed by atoms with Gasteiger partial charge in [0.05, 0.1) is 39.6 Å². The van der Waals surface area contributed by atoms with Crippen molar-refractivity contribution in [3.63, 3.8) is 0 Å². The second-order valence-electron chi connectivity index (χ2n) is 6.44. The first kappa shape index (κ1) is 24.0. The lowest BCUT2D eigenvalue weighted by molar-refractivity contribution is -0.142. The molecule has 3 rings (SSSR count). The van der Waals surface area contributed by atoms with Crippen LogP contribution < -0.4 is 25.3 Å². The van der Waals surface area contributed by atoms with Gasteiger partial charge >= 0.3 is 5.97 Å². The Labute approximate surface area is 186 Å². The van der Waals surface area contributed by atoms with Crippen LogP contribution in [0.25, 0.3) is 10.9 Å². The van der Waals surface area contributed by atoms with Crippen molar-refractivity contribution in [1.82, 2.24) is 9.97 Å². The van der Waals surface area contributed by atoms with E-state index in [1.165, 1.54) is 13.4 Å². The fourth-order valence-electron chi connectivity index (χ4n) is 3.06. The van der Waals surface area contributed by atoms with Crippen LogP contribution in [0.2, 0.25) is 0 Å². The fourth-order valence-corrected chi connectivity index (χ4v) is 3.06. The maximum Gasteiger partial charge on any atom is 0.322 e. The van der Waals surface area contributed by atoms with E-state index in [2.05, 4.69) is 20.0 Å². The molecule has 2 aromatic carbocycles. The third-order valence-electron chi connectivity index (χ3n) is 4.62. The van der Waals surface area contributed by atoms with Gasteiger partial charge in [-0.05, 0) is 30.2 Å². The van der Waals surface area contributed by atoms with Crippen LogP contribution in [0.3, 0.4) is 0 Å². The zero-order valence-electron chi connectivity index (χ0n) is 17.7. The number of hydrogen-bond donors (Lipinski definition) is 2. The SMILES string of the molecule is COC(=O)C(N)Cc1ccc(Nc2ncnc3cc(OC)c(OC)cc23)c(OC)c1.Cl. The summed E-state index contributed by atoms with van der Waals surface area (Å²) < 4.78 is 20.9. The van der Waals surface area contributed by atoms with E-state index in [-0.39, 0.29) is 12.4 Å². The predicted molar refractivity (Wildman–Crippen MR) is 120 cm³/mol. The van der Waals surface area contributed by atoms with Crippen LogP contribution in [0.15, 0.2) is 36.7 Å². The highest BCUT2D eigenvalue weighted by molar-refractivity contribution is 5.93. The summed E-state index contributed by atoms with van der Waals surface area (Å²) in [6.07, 6.45) is 1.80. The zero-order valence-corrected chi connectivity index (χ0v) is 18.5. The highest BCUT2D eigenvalue weighted by Crippen LogP contribution is 2.36. The van der Waals surface area contributed by atoms with Crippen LogP contribution in [0, 0.1) is 0 Å². The van der Waals surface area contributed by atoms with Gasteiger partial charge < -0.3 is 30.0 Å². The van der Waals surface area contributed by atoms with Crippen LogP contribution in [0.1, 0.15) is 5.56 Å². The number of methoxy groups -OCH3 is 4. The van der Waals surface area contributed by atoms with E-state index in [0.717, 1.165) is 10.9 Å². The quantitative estimate of drug-likeness (QED) is 0.501. The molecule has 0 amide bonds. The van der Waals surface area contributed by atoms with Crippen LogP contribution >= 0.6 is 12.4 Å². The number of esters is 1. The Kier molecular flexibility index (Phi) is 8.23. The Morgan fingerprint density at radius 2 is 1.68 bits per heavy atom. The summed E-state index contributed by atoms with van der Waals surface area (Å²) in [5, 5.41) is 4.03. The molecule has 0 radical (unpaired) electrons. The Bertz CT molecular complexity index is 1060. The third kappa shape index (κ3) is 5.25. The smallest absolute Gasteiger partial charge is 0.322 e. The van der Waals surface area contributed by atoms with E-state index in [0.29, 0.717) is 40.7 Å². The molecular formula is C21H25ClN4O5. The largest absolute Gasteiger partial charge is 0.495 e. The molecule has 31 heavy (non-hydrogen) atoms. The number of benzene rings is 2. The van der Waals surface area contributed by atoms with Gasteiger partial charge in [-0.25, -0.2) is 9.97 Å². The molecule has 10 heteroatoms. The lowest BCUT2D eigenvalue weighted by atomic mass is 10.1. The highest BCUT2D eigenvalue weighted by atomic mass is 35.5. The Hall–Kier alpha value is -3.30. The first-order chi connectivity index (χ1) is 14.5. The number of hydrogen-bond acceptors (Lipinski definition) is 9. The van der Waals surface area contributed by atoms with Crippen molar-refractivity contribution in [3.8, 4) is 17.2 Å². The minimum atomic E-state index is -0.744. The van der Waals surface area contributed by atoms with Crippen molar-refractivity contribution in [2.75, 3.05) is 33.8 Å². The third-order valence-corrected chi connectivity index (χ3v) is 4.62. The normalized spacial score (nSPS) is 11.3. The average molecular weight is 449 g/mol. The summed E-state index contributed by atoms with van der Waals surface area (Å²) in [5.41, 5.74) is 8.09. The van der Waals surface area contributed by atoms with Gasteiger partial charge in [0, 0.05) is 11.5 Å². The van der Waals surface area contributed by atoms with Gasteiger partial charge in [0.1, 0.15) is 23.9 Å². The van der Waals surface area contributed by atoms with Crippen molar-refractivity contribution in [2.24, 2.45) is 5.73 Å². The van der Waals surface area contributed by atoms with Gasteiger partial charge in [0.15, 0.2) is 11.5 Å². The lowest BCUT2D eigenvalue weighted by Crippen LogP contribution is -2.33. The van der Waals surface area contributed by atoms with Gasteiger partial charge in [0.2, 0.25) is 0 Å². The molecule has 3 N–H and O–H groups in total. The first-order valence-corrected chi connectivity index (χ1v) is 9.14. The topological polar surface area (TPSA) is 118 Å². The molecule has 0 spiro atoms. The molecule has 0 saturated carbocycles. The van der Waals surface area contributed by atoms with Gasteiger partial charge in [-0.15, -0.1) is 12.4 Å². The monoisotopic (exact) mass is 448 g/mol. The molecule has 1 heterocycles. The fraction of sp³-hybridized carbons (Fsp3) is 0.286. The number of carbonyl (C=O) groups is 1. The van der Waals surface area contributed by atoms with E-state index < -0.39 is 12.0 Å². The summed E-state index contributed by atoms with van der Waals surface area (Å²) in [4.78, 5) is 20.2. The highest BCUT2D eigenvalue weighted by Gasteiger charge is 2.16. The number of ether oxygens (including phenoxy) is 4. The molecule has 1 unspecified atom stereocenters. The Morgan fingerprint density at radius 3 is 2.32 bits per heavy atom. The number of nitrogens with two attached hydrogens (primary N) is 1. The number of carbonyl (C=O) groups excluding carboxylic acids is 1. The Balaban J connectivity index is 0.00000341. The maximum atomic E-state index is 11.6. The lowest BCUT2D eigenvalue weighted by Gasteiger charge is -2.15. The molecule has 0 aliphatic carbocycles. The molecule has 0 aliphatic rings. The Morgan fingerprint density at radius 1 is 1.00 bits per heavy atom. The van der Waals surface area contributed by atoms with Crippen LogP contribution in [0.4, 0.5) is 11.5 Å². The number of halogens is 1. The number of nitrogens with zero attached hydrogens (tertiary/aromatic N) is 2. The molecule has 0 bridgehead atoms. The minimum absolute atomic E-state index is 0. The number of nitrogens with one attached hydrogen (secondary N) is 1. The molecule has 1 aromatic heterocycles. The molecule has 0 aliphatic heterocycles. The molecule has 3 aromatic rings. The molecule has 0 saturated heterocycles. The number of rotatable bonds is 8. The van der Waals surface area contributed by atoms with Crippen LogP contribution in [-0.4, -0.2) is 50.4 Å². The molecular weight excluding hydrogens is 424 g/mol. The van der Waals surface area contributed by atoms with Crippen molar-refractivity contribution >= 4 is 40.8 Å². The summed E-state index contributed by atoms with van der Waals surface area (Å²) >= 11 is 0. The molecule has 1 atom stereocenters. The zero-order chi connectivity index (χ0) is 21.7. The second kappa shape index (κ2) is 10.6. The number of aromatic nitrogens is 2. The molecule has 166 valence electrons. The number of fused-ring (bicyclic) bond motifs is 1. The summed E-state index contributed by atoms with van der Waals surface area (Å²) in [6, 6.07) is 8.38. The maximum absolute atomic E-state index is 11.6. The summed E-state index contributed by atoms with van der Waals surface area (Å²) in [7, 11) is 6.02. The first-order valence-electron chi connectivity index (χ1n) is 9.14. The molecule has 9 nitrogen and oxygen atoms in total. The number of anilines is 2. The summed E-state index contributed by atoms with van der Waals surface area (Å²) in [6.45, 7) is 0. The van der Waals surface area contributed by atoms with E-state index in [1.807, 2.05) is 24.3 Å². The van der Waals surface area contributed by atoms with Gasteiger partial charge in [-0.1, -0.05) is 6.07 Å². The molecule has 0 fully saturated rings. The standard InChI is InChI=1S/C21H24N4O5.ClH/c1-27-17-8-12(7-14(22)21(26)30-4)5-6-15(17)25-20-13-9-18(28-2)19(29-3)10-16(13)23-11-24-20;/h5-6,8-11,14H,7,22H2,1-4H3,(H,23,24,25);1H. The van der Waals surface area contributed by atoms with Gasteiger partial charge in [0.25, 0.3) is 0 Å². The predicted octanol–water partition coefficient (Wildman–Crippen LogP) is 2.86. The van der Waals surface area contributed by atoms with E-state index >= 15 is 0 Å². The van der Waals surface area contributed by atoms with Crippen molar-refractivity contribution in [2.45, 2.75) is 12.5 Å². The summed E-state index contributed by atoms with van der Waals surface area (Å²) in [5.74, 6) is 1.85. The van der Waals surface area contributed by atoms with E-state index in [4.69, 9.17) is 19.9 Å². The average Bonchev–Trinajstić information content (AvgIpc) is 2.78. The van der Waals surface area contributed by atoms with E-state index in [1.54, 1.807) is 27.4 Å². The van der Waals surface area contributed by atoms with Crippen molar-refractivity contribution < 1.29 is 23.7 Å². The van der Waals surface area contributed by atoms with Crippen LogP contribution in [-0.2, 0) is 16.0 Å². The van der Waals surface area contributed by atoms with Gasteiger partial charge in [-0.2, -0.15) is 0 Å². The van der Waals surface area contributed by atoms with Crippen LogP contribution in [0.5, 0.6) is 17.2 Å².